The molecule has 22 atom stereocenters. The molecule has 2 spiro atoms. The van der Waals surface area contributed by atoms with Gasteiger partial charge >= 0.3 is 12.2 Å². The minimum Gasteiger partial charge on any atom is -0.445 e. The summed E-state index contributed by atoms with van der Waals surface area (Å²) in [5.74, 6) is 7.28. The molecule has 82 heavy (non-hydrogen) atoms. The van der Waals surface area contributed by atoms with E-state index in [1.54, 1.807) is 11.1 Å². The second-order valence-corrected chi connectivity index (χ2v) is 30.0. The zero-order valence-electron chi connectivity index (χ0n) is 51.0. The molecule has 6 saturated carbocycles. The number of hydrogen-bond acceptors (Lipinski definition) is 8. The number of benzene rings is 2. The van der Waals surface area contributed by atoms with Crippen LogP contribution in [-0.2, 0) is 32.2 Å². The Balaban J connectivity index is 0.000000154. The first kappa shape index (κ1) is 56.8. The third-order valence-electron chi connectivity index (χ3n) is 26.3. The first-order valence-corrected chi connectivity index (χ1v) is 33.0. The average molecular weight is 1120 g/mol. The van der Waals surface area contributed by atoms with Crippen molar-refractivity contribution in [2.75, 3.05) is 13.1 Å². The third kappa shape index (κ3) is 9.32. The number of hydrogen-bond donors (Lipinski definition) is 1. The molecule has 2 aromatic carbocycles. The van der Waals surface area contributed by atoms with Crippen LogP contribution in [0.1, 0.15) is 182 Å². The van der Waals surface area contributed by atoms with Crippen molar-refractivity contribution < 1.29 is 28.5 Å². The fourth-order valence-electron chi connectivity index (χ4n) is 22.1. The Kier molecular flexibility index (Phi) is 15.1. The summed E-state index contributed by atoms with van der Waals surface area (Å²) in [7, 11) is 0. The van der Waals surface area contributed by atoms with E-state index in [1.165, 1.54) is 88.2 Å². The minimum atomic E-state index is -0.282. The van der Waals surface area contributed by atoms with Gasteiger partial charge in [-0.1, -0.05) is 118 Å². The number of carbonyl (C=O) groups is 2. The lowest BCUT2D eigenvalue weighted by Crippen LogP contribution is -2.54. The number of ether oxygens (including phenoxy) is 4. The Hall–Kier alpha value is -4.35. The quantitative estimate of drug-likeness (QED) is 0.135. The molecule has 2 N–H and O–H groups in total. The average Bonchev–Trinajstić information content (AvgIpc) is 2.86. The molecule has 2 amide bonds. The normalized spacial score (nSPS) is 45.0. The summed E-state index contributed by atoms with van der Waals surface area (Å²) in [4.78, 5) is 34.3. The lowest BCUT2D eigenvalue weighted by molar-refractivity contribution is -0.0666. The van der Waals surface area contributed by atoms with Crippen molar-refractivity contribution in [2.45, 2.75) is 232 Å². The molecule has 12 aliphatic rings. The summed E-state index contributed by atoms with van der Waals surface area (Å²) >= 11 is 0. The molecular weight excluding hydrogens is 1020 g/mol. The summed E-state index contributed by atoms with van der Waals surface area (Å²) in [6, 6.07) is 20.7. The van der Waals surface area contributed by atoms with Gasteiger partial charge in [0.25, 0.3) is 0 Å². The monoisotopic (exact) mass is 1120 g/mol. The molecule has 12 heteroatoms. The number of carbonyl (C=O) groups excluding carboxylic acids is 2. The Labute approximate surface area is 490 Å². The number of nitrogens with two attached hydrogens (primary N) is 1. The first-order valence-electron chi connectivity index (χ1n) is 33.0. The highest BCUT2D eigenvalue weighted by Gasteiger charge is 2.65. The van der Waals surface area contributed by atoms with Crippen LogP contribution in [0.25, 0.3) is 10.4 Å². The van der Waals surface area contributed by atoms with E-state index in [2.05, 4.69) is 65.4 Å². The van der Waals surface area contributed by atoms with E-state index in [0.29, 0.717) is 53.8 Å². The Morgan fingerprint density at radius 2 is 1.07 bits per heavy atom. The smallest absolute Gasteiger partial charge is 0.410 e. The van der Waals surface area contributed by atoms with Gasteiger partial charge in [0.2, 0.25) is 0 Å². The van der Waals surface area contributed by atoms with Crippen LogP contribution < -0.4 is 5.73 Å². The van der Waals surface area contributed by atoms with Gasteiger partial charge in [-0.05, 0) is 227 Å². The van der Waals surface area contributed by atoms with Gasteiger partial charge in [0, 0.05) is 41.9 Å². The number of fused-ring (bicyclic) bond motifs is 12. The molecule has 0 bridgehead atoms. The Morgan fingerprint density at radius 1 is 0.622 bits per heavy atom. The molecule has 10 fully saturated rings. The van der Waals surface area contributed by atoms with Gasteiger partial charge in [-0.3, -0.25) is 0 Å². The summed E-state index contributed by atoms with van der Waals surface area (Å²) in [6.45, 7) is 21.3. The highest BCUT2D eigenvalue weighted by atomic mass is 16.6. The first-order chi connectivity index (χ1) is 39.5. The number of rotatable bonds is 5. The standard InChI is InChI=1S/C35H48N4O3.C35H50N2O3/c1-21-16-31-32(39(19-21)33(40)41-20-24-8-6-5-7-9-24)23(3)35(42-31)15-13-27-28-11-10-25-17-26(37-38-36)12-14-34(25,4)30(28)18-29(27)22(35)2;1-21-16-31-32(37(19-21)33(38)39-20-24-8-6-5-7-9-24)23(3)35(40-31)15-13-27-28-11-10-25-17-26(36)12-14-34(25,4)30(28)18-29(27)22(35)2/h5-9,21,23,25-28,30-32H,10-20H2,1-4H3;5-9,21,23,25-28,30-32H,10-20,36H2,1-4H3/t2*21-,23+,25+,26+,27-,28-,30-,31+,32-,34-,35-/m00/s1. The van der Waals surface area contributed by atoms with Crippen LogP contribution in [0.3, 0.4) is 0 Å². The summed E-state index contributed by atoms with van der Waals surface area (Å²) < 4.78 is 26.2. The zero-order chi connectivity index (χ0) is 57.0. The molecule has 0 radical (unpaired) electrons. The minimum absolute atomic E-state index is 0.0538. The van der Waals surface area contributed by atoms with Crippen molar-refractivity contribution in [2.24, 2.45) is 92.7 Å². The van der Waals surface area contributed by atoms with Crippen molar-refractivity contribution in [3.05, 3.63) is 105 Å². The highest BCUT2D eigenvalue weighted by Crippen LogP contribution is 2.69. The van der Waals surface area contributed by atoms with Gasteiger partial charge < -0.3 is 34.5 Å². The molecule has 4 heterocycles. The molecule has 4 aliphatic heterocycles. The molecule has 4 saturated heterocycles. The van der Waals surface area contributed by atoms with Crippen LogP contribution in [0.15, 0.2) is 88.1 Å². The third-order valence-corrected chi connectivity index (χ3v) is 26.3. The van der Waals surface area contributed by atoms with Gasteiger partial charge in [-0.25, -0.2) is 9.59 Å². The van der Waals surface area contributed by atoms with E-state index in [-0.39, 0.29) is 65.6 Å². The SMILES string of the molecule is CC1=C2C[C@H]3[C@@H](CC[C@@H]4C[C@H](N)CC[C@@]43C)[C@@H]2CC[C@]12O[C@@H]1C[C@H](C)CN(C(=O)OCc3ccccc3)[C@H]1[C@H]2C.CC1=C2C[C@H]3[C@@H](CC[C@@H]4C[C@H](N=[N+]=[N-])CC[C@@]43C)[C@@H]2CC[C@]12O[C@@H]1C[C@H](C)CN(C(=O)OCc3ccccc3)[C@H]1[C@H]2C. The van der Waals surface area contributed by atoms with Gasteiger partial charge in [-0.15, -0.1) is 0 Å². The van der Waals surface area contributed by atoms with E-state index < -0.39 is 0 Å². The number of likely N-dealkylation sites (tertiary alicyclic amines) is 2. The molecule has 444 valence electrons. The molecule has 14 rings (SSSR count). The maximum Gasteiger partial charge on any atom is 0.410 e. The van der Waals surface area contributed by atoms with Gasteiger partial charge in [0.1, 0.15) is 13.2 Å². The van der Waals surface area contributed by atoms with Crippen LogP contribution in [0.5, 0.6) is 0 Å². The van der Waals surface area contributed by atoms with Gasteiger partial charge in [0.05, 0.1) is 35.5 Å². The van der Waals surface area contributed by atoms with Crippen LogP contribution in [0, 0.1) is 81.8 Å². The fourth-order valence-corrected chi connectivity index (χ4v) is 22.1. The summed E-state index contributed by atoms with van der Waals surface area (Å²) in [6.07, 6.45) is 21.2. The number of azide groups is 1. The number of allylic oxidation sites excluding steroid dienone is 2. The van der Waals surface area contributed by atoms with E-state index >= 15 is 0 Å². The van der Waals surface area contributed by atoms with E-state index in [4.69, 9.17) is 30.2 Å². The van der Waals surface area contributed by atoms with Crippen molar-refractivity contribution >= 4 is 12.2 Å². The molecule has 8 aliphatic carbocycles. The van der Waals surface area contributed by atoms with Crippen LogP contribution >= 0.6 is 0 Å². The van der Waals surface area contributed by atoms with Gasteiger partial charge in [0.15, 0.2) is 0 Å². The Bertz CT molecular complexity index is 2840. The summed E-state index contributed by atoms with van der Waals surface area (Å²) in [5, 5.41) is 4.14. The second kappa shape index (κ2) is 21.9. The lowest BCUT2D eigenvalue weighted by atomic mass is 9.52. The highest BCUT2D eigenvalue weighted by molar-refractivity contribution is 5.69. The zero-order valence-corrected chi connectivity index (χ0v) is 51.0. The topological polar surface area (TPSA) is 152 Å². The van der Waals surface area contributed by atoms with Crippen LogP contribution in [0.4, 0.5) is 9.59 Å². The predicted molar refractivity (Wildman–Crippen MR) is 320 cm³/mol. The van der Waals surface area contributed by atoms with Gasteiger partial charge in [-0.2, -0.15) is 0 Å². The van der Waals surface area contributed by atoms with Crippen molar-refractivity contribution in [3.63, 3.8) is 0 Å². The summed E-state index contributed by atoms with van der Waals surface area (Å²) in [5.41, 5.74) is 24.2. The molecule has 0 aromatic heterocycles. The predicted octanol–water partition coefficient (Wildman–Crippen LogP) is 15.5. The maximum absolute atomic E-state index is 13.6. The lowest BCUT2D eigenvalue weighted by Gasteiger charge is -2.54. The van der Waals surface area contributed by atoms with E-state index in [0.717, 1.165) is 98.2 Å². The van der Waals surface area contributed by atoms with Crippen LogP contribution in [-0.4, -0.2) is 82.7 Å². The number of nitrogens with zero attached hydrogens (tertiary/aromatic N) is 5. The van der Waals surface area contributed by atoms with Crippen molar-refractivity contribution in [3.8, 4) is 0 Å². The molecular formula is C70H98N6O6. The van der Waals surface area contributed by atoms with Crippen molar-refractivity contribution in [1.29, 1.82) is 0 Å². The number of piperidine rings is 2. The second-order valence-electron chi connectivity index (χ2n) is 30.0. The molecule has 2 aromatic rings. The molecule has 0 unspecified atom stereocenters. The fraction of sp³-hybridized carbons (Fsp3) is 0.743. The maximum atomic E-state index is 13.6. The van der Waals surface area contributed by atoms with Crippen molar-refractivity contribution in [1.82, 2.24) is 9.80 Å². The number of amides is 2. The van der Waals surface area contributed by atoms with E-state index in [1.807, 2.05) is 70.5 Å². The molecule has 12 nitrogen and oxygen atoms in total. The van der Waals surface area contributed by atoms with E-state index in [9.17, 15) is 9.59 Å². The largest absolute Gasteiger partial charge is 0.445 e. The Morgan fingerprint density at radius 3 is 1.54 bits per heavy atom. The van der Waals surface area contributed by atoms with Crippen LogP contribution in [0.2, 0.25) is 0 Å².